The summed E-state index contributed by atoms with van der Waals surface area (Å²) in [6.07, 6.45) is 3.15. The van der Waals surface area contributed by atoms with Gasteiger partial charge in [0.05, 0.1) is 43.1 Å². The number of rotatable bonds is 8. The number of nitrogens with zero attached hydrogens (tertiary/aromatic N) is 1. The summed E-state index contributed by atoms with van der Waals surface area (Å²) < 4.78 is 10.3. The zero-order valence-corrected chi connectivity index (χ0v) is 17.1. The fourth-order valence-corrected chi connectivity index (χ4v) is 3.51. The molecule has 1 unspecified atom stereocenters. The second-order valence-electron chi connectivity index (χ2n) is 7.18. The van der Waals surface area contributed by atoms with E-state index in [0.29, 0.717) is 30.2 Å². The van der Waals surface area contributed by atoms with Crippen molar-refractivity contribution in [3.8, 4) is 0 Å². The van der Waals surface area contributed by atoms with Crippen LogP contribution in [-0.4, -0.2) is 48.9 Å². The number of esters is 1. The van der Waals surface area contributed by atoms with Gasteiger partial charge < -0.3 is 19.8 Å². The molecule has 8 nitrogen and oxygen atoms in total. The highest BCUT2D eigenvalue weighted by atomic mass is 16.5. The van der Waals surface area contributed by atoms with E-state index in [9.17, 15) is 14.4 Å². The van der Waals surface area contributed by atoms with Crippen LogP contribution < -0.4 is 10.6 Å². The van der Waals surface area contributed by atoms with Crippen LogP contribution in [-0.2, 0) is 20.9 Å². The smallest absolute Gasteiger partial charge is 0.310 e. The highest BCUT2D eigenvalue weighted by Gasteiger charge is 2.28. The number of para-hydroxylation sites is 1. The Kier molecular flexibility index (Phi) is 7.62. The summed E-state index contributed by atoms with van der Waals surface area (Å²) in [5, 5.41) is 5.60. The van der Waals surface area contributed by atoms with E-state index in [4.69, 9.17) is 9.15 Å². The number of amides is 2. The fraction of sp³-hybridized carbons (Fsp3) is 0.409. The minimum atomic E-state index is -0.303. The van der Waals surface area contributed by atoms with Gasteiger partial charge in [-0.3, -0.25) is 19.3 Å². The van der Waals surface area contributed by atoms with E-state index in [1.54, 1.807) is 49.6 Å². The lowest BCUT2D eigenvalue weighted by Gasteiger charge is -2.30. The fourth-order valence-electron chi connectivity index (χ4n) is 3.51. The average Bonchev–Trinajstić information content (AvgIpc) is 3.26. The molecule has 2 N–H and O–H groups in total. The SMILES string of the molecule is CCOC(=O)C1CCCN(CC(=O)Nc2ccccc2C(=O)NCc2ccco2)C1. The third-order valence-corrected chi connectivity index (χ3v) is 4.94. The van der Waals surface area contributed by atoms with E-state index in [1.165, 1.54) is 0 Å². The Bertz CT molecular complexity index is 865. The quantitative estimate of drug-likeness (QED) is 0.645. The van der Waals surface area contributed by atoms with Crippen molar-refractivity contribution in [2.75, 3.05) is 31.6 Å². The molecule has 30 heavy (non-hydrogen) atoms. The Balaban J connectivity index is 1.56. The number of likely N-dealkylation sites (tertiary alicyclic amines) is 1. The zero-order chi connectivity index (χ0) is 21.3. The maximum absolute atomic E-state index is 12.6. The molecule has 1 fully saturated rings. The van der Waals surface area contributed by atoms with E-state index in [0.717, 1.165) is 19.4 Å². The van der Waals surface area contributed by atoms with Gasteiger partial charge >= 0.3 is 5.97 Å². The molecule has 8 heteroatoms. The largest absolute Gasteiger partial charge is 0.467 e. The monoisotopic (exact) mass is 413 g/mol. The molecule has 0 saturated carbocycles. The van der Waals surface area contributed by atoms with E-state index >= 15 is 0 Å². The molecule has 3 rings (SSSR count). The third kappa shape index (κ3) is 5.93. The molecule has 2 heterocycles. The number of nitrogens with one attached hydrogen (secondary N) is 2. The van der Waals surface area contributed by atoms with Gasteiger partial charge in [0.25, 0.3) is 5.91 Å². The lowest BCUT2D eigenvalue weighted by atomic mass is 9.98. The van der Waals surface area contributed by atoms with Gasteiger partial charge in [0.2, 0.25) is 5.91 Å². The first-order chi connectivity index (χ1) is 14.6. The summed E-state index contributed by atoms with van der Waals surface area (Å²) in [7, 11) is 0. The molecule has 0 bridgehead atoms. The molecule has 2 aromatic rings. The predicted octanol–water partition coefficient (Wildman–Crippen LogP) is 2.42. The first-order valence-corrected chi connectivity index (χ1v) is 10.1. The number of anilines is 1. The maximum Gasteiger partial charge on any atom is 0.310 e. The zero-order valence-electron chi connectivity index (χ0n) is 17.1. The lowest BCUT2D eigenvalue weighted by Crippen LogP contribution is -2.43. The van der Waals surface area contributed by atoms with Crippen molar-refractivity contribution in [3.05, 3.63) is 54.0 Å². The van der Waals surface area contributed by atoms with Crippen LogP contribution in [0.15, 0.2) is 47.1 Å². The lowest BCUT2D eigenvalue weighted by molar-refractivity contribution is -0.150. The van der Waals surface area contributed by atoms with E-state index in [1.807, 2.05) is 4.90 Å². The molecule has 1 atom stereocenters. The minimum absolute atomic E-state index is 0.151. The predicted molar refractivity (Wildman–Crippen MR) is 111 cm³/mol. The highest BCUT2D eigenvalue weighted by molar-refractivity contribution is 6.04. The molecule has 1 aliphatic heterocycles. The van der Waals surface area contributed by atoms with Gasteiger partial charge in [-0.1, -0.05) is 12.1 Å². The molecule has 1 aromatic heterocycles. The molecule has 160 valence electrons. The number of carbonyl (C=O) groups excluding carboxylic acids is 3. The van der Waals surface area contributed by atoms with Gasteiger partial charge in [-0.05, 0) is 50.6 Å². The molecule has 0 radical (unpaired) electrons. The summed E-state index contributed by atoms with van der Waals surface area (Å²) in [6.45, 7) is 3.80. The van der Waals surface area contributed by atoms with Crippen LogP contribution in [0, 0.1) is 5.92 Å². The molecule has 1 aromatic carbocycles. The molecule has 0 aliphatic carbocycles. The summed E-state index contributed by atoms with van der Waals surface area (Å²) in [5.41, 5.74) is 0.818. The summed E-state index contributed by atoms with van der Waals surface area (Å²) in [6, 6.07) is 10.4. The second kappa shape index (κ2) is 10.6. The van der Waals surface area contributed by atoms with Crippen molar-refractivity contribution < 1.29 is 23.5 Å². The van der Waals surface area contributed by atoms with Crippen LogP contribution in [0.25, 0.3) is 0 Å². The summed E-state index contributed by atoms with van der Waals surface area (Å²) in [5.74, 6) is -0.299. The van der Waals surface area contributed by atoms with Crippen molar-refractivity contribution in [2.45, 2.75) is 26.3 Å². The highest BCUT2D eigenvalue weighted by Crippen LogP contribution is 2.19. The number of piperidine rings is 1. The van der Waals surface area contributed by atoms with Gasteiger partial charge in [-0.2, -0.15) is 0 Å². The number of hydrogen-bond acceptors (Lipinski definition) is 6. The van der Waals surface area contributed by atoms with E-state index in [-0.39, 0.29) is 36.8 Å². The van der Waals surface area contributed by atoms with Crippen molar-refractivity contribution in [3.63, 3.8) is 0 Å². The van der Waals surface area contributed by atoms with Crippen LogP contribution in [0.2, 0.25) is 0 Å². The van der Waals surface area contributed by atoms with Crippen molar-refractivity contribution in [2.24, 2.45) is 5.92 Å². The molecule has 1 saturated heterocycles. The second-order valence-corrected chi connectivity index (χ2v) is 7.18. The van der Waals surface area contributed by atoms with Crippen LogP contribution in [0.3, 0.4) is 0 Å². The normalized spacial score (nSPS) is 16.6. The van der Waals surface area contributed by atoms with Gasteiger partial charge in [0.1, 0.15) is 5.76 Å². The Morgan fingerprint density at radius 3 is 2.80 bits per heavy atom. The number of ether oxygens (including phenoxy) is 1. The molecule has 0 spiro atoms. The van der Waals surface area contributed by atoms with Crippen molar-refractivity contribution >= 4 is 23.5 Å². The van der Waals surface area contributed by atoms with Crippen molar-refractivity contribution in [1.82, 2.24) is 10.2 Å². The topological polar surface area (TPSA) is 101 Å². The Labute approximate surface area is 175 Å². The van der Waals surface area contributed by atoms with Gasteiger partial charge in [-0.15, -0.1) is 0 Å². The van der Waals surface area contributed by atoms with E-state index in [2.05, 4.69) is 10.6 Å². The van der Waals surface area contributed by atoms with E-state index < -0.39 is 0 Å². The Hall–Kier alpha value is -3.13. The Morgan fingerprint density at radius 2 is 2.03 bits per heavy atom. The third-order valence-electron chi connectivity index (χ3n) is 4.94. The standard InChI is InChI=1S/C22H27N3O5/c1-2-29-22(28)16-7-5-11-25(14-16)15-20(26)24-19-10-4-3-9-18(19)21(27)23-13-17-8-6-12-30-17/h3-4,6,8-10,12,16H,2,5,7,11,13-15H2,1H3,(H,23,27)(H,24,26). The minimum Gasteiger partial charge on any atom is -0.467 e. The average molecular weight is 413 g/mol. The molecular weight excluding hydrogens is 386 g/mol. The van der Waals surface area contributed by atoms with Gasteiger partial charge in [0, 0.05) is 6.54 Å². The number of hydrogen-bond donors (Lipinski definition) is 2. The first kappa shape index (κ1) is 21.6. The van der Waals surface area contributed by atoms with Crippen LogP contribution in [0.4, 0.5) is 5.69 Å². The van der Waals surface area contributed by atoms with Crippen molar-refractivity contribution in [1.29, 1.82) is 0 Å². The molecular formula is C22H27N3O5. The maximum atomic E-state index is 12.6. The van der Waals surface area contributed by atoms with Crippen LogP contribution in [0.5, 0.6) is 0 Å². The van der Waals surface area contributed by atoms with Gasteiger partial charge in [0.15, 0.2) is 0 Å². The first-order valence-electron chi connectivity index (χ1n) is 10.1. The van der Waals surface area contributed by atoms with Crippen LogP contribution >= 0.6 is 0 Å². The summed E-state index contributed by atoms with van der Waals surface area (Å²) >= 11 is 0. The number of benzene rings is 1. The Morgan fingerprint density at radius 1 is 1.20 bits per heavy atom. The number of furan rings is 1. The summed E-state index contributed by atoms with van der Waals surface area (Å²) in [4.78, 5) is 39.1. The van der Waals surface area contributed by atoms with Gasteiger partial charge in [-0.25, -0.2) is 0 Å². The molecule has 2 amide bonds. The van der Waals surface area contributed by atoms with Crippen LogP contribution in [0.1, 0.15) is 35.9 Å². The molecule has 1 aliphatic rings. The number of carbonyl (C=O) groups is 3.